The quantitative estimate of drug-likeness (QED) is 0.731. The van der Waals surface area contributed by atoms with Crippen LogP contribution in [-0.4, -0.2) is 24.1 Å². The predicted octanol–water partition coefficient (Wildman–Crippen LogP) is 4.16. The fourth-order valence-corrected chi connectivity index (χ4v) is 2.98. The molecule has 1 amide bonds. The second-order valence-corrected chi connectivity index (χ2v) is 6.20. The van der Waals surface area contributed by atoms with E-state index in [-0.39, 0.29) is 11.7 Å². The summed E-state index contributed by atoms with van der Waals surface area (Å²) in [6.45, 7) is 4.09. The number of anilines is 1. The van der Waals surface area contributed by atoms with Crippen LogP contribution in [0.15, 0.2) is 48.5 Å². The van der Waals surface area contributed by atoms with Gasteiger partial charge in [0.2, 0.25) is 5.91 Å². The normalized spacial score (nSPS) is 10.2. The van der Waals surface area contributed by atoms with Crippen LogP contribution in [0.5, 0.6) is 5.75 Å². The number of hydrogen-bond donors (Lipinski definition) is 1. The van der Waals surface area contributed by atoms with Crippen molar-refractivity contribution in [1.82, 2.24) is 0 Å². The molecule has 1 N–H and O–H groups in total. The SMILES string of the molecule is CCOc1ccccc1CSCC(=O)Nc1ccc(C(C)=O)cc1. The number of carbonyl (C=O) groups excluding carboxylic acids is 2. The Kier molecular flexibility index (Phi) is 6.88. The van der Waals surface area contributed by atoms with Crippen molar-refractivity contribution < 1.29 is 14.3 Å². The number of amides is 1. The number of ketones is 1. The summed E-state index contributed by atoms with van der Waals surface area (Å²) in [6.07, 6.45) is 0. The summed E-state index contributed by atoms with van der Waals surface area (Å²) in [5.41, 5.74) is 2.41. The monoisotopic (exact) mass is 343 g/mol. The van der Waals surface area contributed by atoms with Gasteiger partial charge in [-0.25, -0.2) is 0 Å². The van der Waals surface area contributed by atoms with Crippen molar-refractivity contribution >= 4 is 29.1 Å². The summed E-state index contributed by atoms with van der Waals surface area (Å²) in [6, 6.07) is 14.8. The van der Waals surface area contributed by atoms with Crippen molar-refractivity contribution in [3.8, 4) is 5.75 Å². The molecule has 0 heterocycles. The highest BCUT2D eigenvalue weighted by Gasteiger charge is 2.07. The Labute approximate surface area is 146 Å². The Morgan fingerprint density at radius 1 is 1.08 bits per heavy atom. The third kappa shape index (κ3) is 5.42. The van der Waals surface area contributed by atoms with Crippen molar-refractivity contribution in [3.05, 3.63) is 59.7 Å². The van der Waals surface area contributed by atoms with Crippen molar-refractivity contribution in [3.63, 3.8) is 0 Å². The van der Waals surface area contributed by atoms with Crippen molar-refractivity contribution in [2.24, 2.45) is 0 Å². The molecule has 0 aromatic heterocycles. The summed E-state index contributed by atoms with van der Waals surface area (Å²) in [4.78, 5) is 23.2. The number of ether oxygens (including phenoxy) is 1. The first kappa shape index (κ1) is 18.1. The van der Waals surface area contributed by atoms with Crippen LogP contribution in [0.1, 0.15) is 29.8 Å². The van der Waals surface area contributed by atoms with Crippen LogP contribution in [0.25, 0.3) is 0 Å². The molecule has 0 unspecified atom stereocenters. The van der Waals surface area contributed by atoms with Gasteiger partial charge in [0.15, 0.2) is 5.78 Å². The predicted molar refractivity (Wildman–Crippen MR) is 98.8 cm³/mol. The lowest BCUT2D eigenvalue weighted by molar-refractivity contribution is -0.113. The molecule has 24 heavy (non-hydrogen) atoms. The zero-order chi connectivity index (χ0) is 17.4. The highest BCUT2D eigenvalue weighted by molar-refractivity contribution is 7.99. The van der Waals surface area contributed by atoms with Crippen LogP contribution in [0, 0.1) is 0 Å². The minimum atomic E-state index is -0.0653. The first-order valence-corrected chi connectivity index (χ1v) is 8.95. The number of para-hydroxylation sites is 1. The molecule has 0 saturated heterocycles. The molecule has 0 spiro atoms. The number of Topliss-reactive ketones (excluding diaryl/α,β-unsaturated/α-hetero) is 1. The van der Waals surface area contributed by atoms with Gasteiger partial charge in [-0.15, -0.1) is 11.8 Å². The average Bonchev–Trinajstić information content (AvgIpc) is 2.57. The molecule has 126 valence electrons. The standard InChI is InChI=1S/C19H21NO3S/c1-3-23-18-7-5-4-6-16(18)12-24-13-19(22)20-17-10-8-15(9-11-17)14(2)21/h4-11H,3,12-13H2,1-2H3,(H,20,22). The van der Waals surface area contributed by atoms with E-state index in [0.717, 1.165) is 11.3 Å². The molecule has 0 fully saturated rings. The molecular formula is C19H21NO3S. The topological polar surface area (TPSA) is 55.4 Å². The van der Waals surface area contributed by atoms with Gasteiger partial charge >= 0.3 is 0 Å². The van der Waals surface area contributed by atoms with Crippen molar-refractivity contribution in [2.45, 2.75) is 19.6 Å². The summed E-state index contributed by atoms with van der Waals surface area (Å²) >= 11 is 1.54. The number of thioether (sulfide) groups is 1. The largest absolute Gasteiger partial charge is 0.494 e. The zero-order valence-corrected chi connectivity index (χ0v) is 14.7. The Morgan fingerprint density at radius 2 is 1.79 bits per heavy atom. The Bertz CT molecular complexity index is 698. The first-order valence-electron chi connectivity index (χ1n) is 7.79. The molecule has 0 saturated carbocycles. The minimum Gasteiger partial charge on any atom is -0.494 e. The van der Waals surface area contributed by atoms with E-state index in [2.05, 4.69) is 5.32 Å². The Balaban J connectivity index is 1.82. The summed E-state index contributed by atoms with van der Waals surface area (Å²) < 4.78 is 5.58. The molecular weight excluding hydrogens is 322 g/mol. The fraction of sp³-hybridized carbons (Fsp3) is 0.263. The third-order valence-electron chi connectivity index (χ3n) is 3.34. The number of benzene rings is 2. The highest BCUT2D eigenvalue weighted by Crippen LogP contribution is 2.23. The molecule has 0 bridgehead atoms. The van der Waals surface area contributed by atoms with E-state index in [9.17, 15) is 9.59 Å². The van der Waals surface area contributed by atoms with Crippen LogP contribution in [0.3, 0.4) is 0 Å². The molecule has 0 atom stereocenters. The summed E-state index contributed by atoms with van der Waals surface area (Å²) in [5, 5.41) is 2.83. The second kappa shape index (κ2) is 9.13. The molecule has 0 aliphatic rings. The lowest BCUT2D eigenvalue weighted by Crippen LogP contribution is -2.14. The van der Waals surface area contributed by atoms with Gasteiger partial charge in [-0.1, -0.05) is 18.2 Å². The van der Waals surface area contributed by atoms with Gasteiger partial charge in [-0.05, 0) is 44.2 Å². The zero-order valence-electron chi connectivity index (χ0n) is 13.9. The van der Waals surface area contributed by atoms with Crippen molar-refractivity contribution in [1.29, 1.82) is 0 Å². The third-order valence-corrected chi connectivity index (χ3v) is 4.32. The minimum absolute atomic E-state index is 0.0106. The van der Waals surface area contributed by atoms with Gasteiger partial charge in [0.25, 0.3) is 0 Å². The van der Waals surface area contributed by atoms with Crippen LogP contribution < -0.4 is 10.1 Å². The van der Waals surface area contributed by atoms with E-state index in [0.29, 0.717) is 29.4 Å². The van der Waals surface area contributed by atoms with Crippen LogP contribution >= 0.6 is 11.8 Å². The Hall–Kier alpha value is -2.27. The van der Waals surface area contributed by atoms with Crippen LogP contribution in [0.4, 0.5) is 5.69 Å². The maximum atomic E-state index is 12.0. The molecule has 0 aliphatic heterocycles. The molecule has 0 aliphatic carbocycles. The van der Waals surface area contributed by atoms with Gasteiger partial charge in [0.1, 0.15) is 5.75 Å². The van der Waals surface area contributed by atoms with Gasteiger partial charge in [-0.2, -0.15) is 0 Å². The van der Waals surface area contributed by atoms with Gasteiger partial charge < -0.3 is 10.1 Å². The van der Waals surface area contributed by atoms with Crippen LogP contribution in [0.2, 0.25) is 0 Å². The Morgan fingerprint density at radius 3 is 2.46 bits per heavy atom. The van der Waals surface area contributed by atoms with E-state index in [1.54, 1.807) is 24.3 Å². The fourth-order valence-electron chi connectivity index (χ4n) is 2.16. The molecule has 4 nitrogen and oxygen atoms in total. The number of nitrogens with one attached hydrogen (secondary N) is 1. The average molecular weight is 343 g/mol. The van der Waals surface area contributed by atoms with E-state index in [1.807, 2.05) is 31.2 Å². The highest BCUT2D eigenvalue weighted by atomic mass is 32.2. The number of carbonyl (C=O) groups is 2. The van der Waals surface area contributed by atoms with Crippen molar-refractivity contribution in [2.75, 3.05) is 17.7 Å². The smallest absolute Gasteiger partial charge is 0.234 e. The maximum Gasteiger partial charge on any atom is 0.234 e. The van der Waals surface area contributed by atoms with E-state index in [1.165, 1.54) is 18.7 Å². The number of hydrogen-bond acceptors (Lipinski definition) is 4. The molecule has 5 heteroatoms. The second-order valence-electron chi connectivity index (χ2n) is 5.22. The van der Waals surface area contributed by atoms with E-state index in [4.69, 9.17) is 4.74 Å². The van der Waals surface area contributed by atoms with Gasteiger partial charge in [0, 0.05) is 22.6 Å². The van der Waals surface area contributed by atoms with Gasteiger partial charge in [0.05, 0.1) is 12.4 Å². The molecule has 0 radical (unpaired) electrons. The molecule has 2 aromatic carbocycles. The van der Waals surface area contributed by atoms with Crippen LogP contribution in [-0.2, 0) is 10.5 Å². The van der Waals surface area contributed by atoms with Gasteiger partial charge in [-0.3, -0.25) is 9.59 Å². The first-order chi connectivity index (χ1) is 11.6. The summed E-state index contributed by atoms with van der Waals surface area (Å²) in [5.74, 6) is 1.88. The number of rotatable bonds is 8. The lowest BCUT2D eigenvalue weighted by Gasteiger charge is -2.10. The maximum absolute atomic E-state index is 12.0. The molecule has 2 aromatic rings. The molecule has 2 rings (SSSR count). The van der Waals surface area contributed by atoms with E-state index >= 15 is 0 Å². The summed E-state index contributed by atoms with van der Waals surface area (Å²) in [7, 11) is 0. The van der Waals surface area contributed by atoms with E-state index < -0.39 is 0 Å². The lowest BCUT2D eigenvalue weighted by atomic mass is 10.1.